The lowest BCUT2D eigenvalue weighted by molar-refractivity contribution is 0.154. The maximum Gasteiger partial charge on any atom is 0.412 e. The normalized spacial score (nSPS) is 11.0. The molecule has 0 aliphatic carbocycles. The number of hydrogen-bond acceptors (Lipinski definition) is 8. The Bertz CT molecular complexity index is 1920. The first-order valence-corrected chi connectivity index (χ1v) is 12.9. The molecular weight excluding hydrogens is 540 g/mol. The molecule has 0 atom stereocenters. The number of benzene rings is 4. The molecule has 4 aromatic carbocycles. The molecule has 0 spiro atoms. The van der Waals surface area contributed by atoms with Crippen LogP contribution in [0.1, 0.15) is 11.1 Å². The highest BCUT2D eigenvalue weighted by Crippen LogP contribution is 2.35. The quantitative estimate of drug-likeness (QED) is 0.172. The molecule has 0 radical (unpaired) electrons. The lowest BCUT2D eigenvalue weighted by Gasteiger charge is -2.11. The predicted octanol–water partition coefficient (Wildman–Crippen LogP) is 6.55. The Morgan fingerprint density at radius 2 is 0.929 bits per heavy atom. The van der Waals surface area contributed by atoms with E-state index in [1.807, 2.05) is 36.4 Å². The third-order valence-corrected chi connectivity index (χ3v) is 6.51. The van der Waals surface area contributed by atoms with E-state index in [9.17, 15) is 19.2 Å². The van der Waals surface area contributed by atoms with Crippen LogP contribution >= 0.6 is 0 Å². The van der Waals surface area contributed by atoms with E-state index in [-0.39, 0.29) is 35.8 Å². The summed E-state index contributed by atoms with van der Waals surface area (Å²) in [4.78, 5) is 50.6. The summed E-state index contributed by atoms with van der Waals surface area (Å²) in [5.74, 6) is 0. The highest BCUT2D eigenvalue weighted by molar-refractivity contribution is 6.22. The summed E-state index contributed by atoms with van der Waals surface area (Å²) in [6.07, 6.45) is -1.67. The second kappa shape index (κ2) is 11.3. The lowest BCUT2D eigenvalue weighted by Crippen LogP contribution is -2.19. The summed E-state index contributed by atoms with van der Waals surface area (Å²) in [6.45, 7) is 0.0287. The first-order valence-electron chi connectivity index (χ1n) is 12.9. The summed E-state index contributed by atoms with van der Waals surface area (Å²) in [7, 11) is 0. The lowest BCUT2D eigenvalue weighted by atomic mass is 10.0. The smallest absolute Gasteiger partial charge is 0.412 e. The molecule has 10 nitrogen and oxygen atoms in total. The van der Waals surface area contributed by atoms with Crippen LogP contribution in [0, 0.1) is 0 Å². The summed E-state index contributed by atoms with van der Waals surface area (Å²) in [5, 5.41) is 7.00. The van der Waals surface area contributed by atoms with Crippen molar-refractivity contribution in [3.63, 3.8) is 0 Å². The van der Waals surface area contributed by atoms with Gasteiger partial charge in [-0.3, -0.25) is 10.6 Å². The Morgan fingerprint density at radius 1 is 0.548 bits per heavy atom. The Hall–Kier alpha value is -5.90. The SMILES string of the molecule is O=C(Nc1cc2c3ccccc3c3cc(NC(=O)OCc4ccccc4)c(=O)oc3c2oc1=O)OCc1ccccc1. The van der Waals surface area contributed by atoms with Crippen LogP contribution in [0.25, 0.3) is 32.7 Å². The Balaban J connectivity index is 1.33. The van der Waals surface area contributed by atoms with Crippen LogP contribution in [0.2, 0.25) is 0 Å². The Labute approximate surface area is 237 Å². The van der Waals surface area contributed by atoms with E-state index in [1.54, 1.807) is 48.5 Å². The molecule has 42 heavy (non-hydrogen) atoms. The van der Waals surface area contributed by atoms with Crippen LogP contribution in [0.3, 0.4) is 0 Å². The van der Waals surface area contributed by atoms with Crippen molar-refractivity contribution in [2.24, 2.45) is 0 Å². The number of amides is 2. The van der Waals surface area contributed by atoms with Crippen LogP contribution in [-0.4, -0.2) is 12.2 Å². The molecule has 6 rings (SSSR count). The van der Waals surface area contributed by atoms with Crippen LogP contribution in [0.5, 0.6) is 0 Å². The minimum Gasteiger partial charge on any atom is -0.444 e. The van der Waals surface area contributed by atoms with Gasteiger partial charge in [-0.15, -0.1) is 0 Å². The molecule has 0 saturated carbocycles. The van der Waals surface area contributed by atoms with Gasteiger partial charge in [0, 0.05) is 10.8 Å². The van der Waals surface area contributed by atoms with E-state index >= 15 is 0 Å². The number of nitrogens with one attached hydrogen (secondary N) is 2. The summed E-state index contributed by atoms with van der Waals surface area (Å²) in [5.41, 5.74) is -0.457. The average Bonchev–Trinajstić information content (AvgIpc) is 3.01. The van der Waals surface area contributed by atoms with Crippen molar-refractivity contribution in [3.05, 3.63) is 129 Å². The van der Waals surface area contributed by atoms with Gasteiger partial charge in [-0.25, -0.2) is 19.2 Å². The Morgan fingerprint density at radius 3 is 1.33 bits per heavy atom. The first kappa shape index (κ1) is 26.3. The molecule has 2 aromatic heterocycles. The van der Waals surface area contributed by atoms with Crippen molar-refractivity contribution < 1.29 is 27.9 Å². The zero-order valence-electron chi connectivity index (χ0n) is 21.9. The van der Waals surface area contributed by atoms with Crippen LogP contribution in [0.4, 0.5) is 21.0 Å². The zero-order valence-corrected chi connectivity index (χ0v) is 21.9. The fraction of sp³-hybridized carbons (Fsp3) is 0.0625. The standard InChI is InChI=1S/C32H22N2O8/c35-29-25(33-31(37)39-17-19-9-3-1-4-10-19)15-23-21-13-7-8-14-22(21)24-16-26(30(36)42-28(24)27(23)41-29)34-32(38)40-18-20-11-5-2-6-12-20/h1-16H,17-18H2,(H,33,37)(H,34,38). The molecule has 2 heterocycles. The van der Waals surface area contributed by atoms with Crippen molar-refractivity contribution in [2.45, 2.75) is 13.2 Å². The fourth-order valence-electron chi connectivity index (χ4n) is 4.55. The van der Waals surface area contributed by atoms with Crippen molar-refractivity contribution in [2.75, 3.05) is 10.6 Å². The largest absolute Gasteiger partial charge is 0.444 e. The molecule has 2 N–H and O–H groups in total. The maximum absolute atomic E-state index is 12.9. The molecule has 0 saturated heterocycles. The van der Waals surface area contributed by atoms with Gasteiger partial charge in [0.15, 0.2) is 11.2 Å². The van der Waals surface area contributed by atoms with E-state index < -0.39 is 23.4 Å². The van der Waals surface area contributed by atoms with Crippen LogP contribution in [0.15, 0.2) is 115 Å². The average molecular weight is 563 g/mol. The van der Waals surface area contributed by atoms with Gasteiger partial charge in [-0.2, -0.15) is 0 Å². The van der Waals surface area contributed by atoms with Crippen molar-refractivity contribution in [1.29, 1.82) is 0 Å². The number of ether oxygens (including phenoxy) is 2. The molecule has 0 bridgehead atoms. The molecule has 6 aromatic rings. The number of anilines is 2. The van der Waals surface area contributed by atoms with Gasteiger partial charge in [-0.05, 0) is 34.0 Å². The van der Waals surface area contributed by atoms with Gasteiger partial charge in [0.05, 0.1) is 0 Å². The number of rotatable bonds is 6. The van der Waals surface area contributed by atoms with E-state index in [4.69, 9.17) is 18.3 Å². The number of carbonyl (C=O) groups is 2. The van der Waals surface area contributed by atoms with Crippen molar-refractivity contribution >= 4 is 56.3 Å². The van der Waals surface area contributed by atoms with E-state index in [0.717, 1.165) is 11.1 Å². The third kappa shape index (κ3) is 5.41. The molecule has 0 unspecified atom stereocenters. The summed E-state index contributed by atoms with van der Waals surface area (Å²) in [6, 6.07) is 28.2. The van der Waals surface area contributed by atoms with Gasteiger partial charge in [0.2, 0.25) is 0 Å². The highest BCUT2D eigenvalue weighted by Gasteiger charge is 2.19. The molecule has 0 aliphatic rings. The Kier molecular flexibility index (Phi) is 7.08. The predicted molar refractivity (Wildman–Crippen MR) is 157 cm³/mol. The molecule has 0 aliphatic heterocycles. The molecule has 2 amide bonds. The molecule has 0 fully saturated rings. The third-order valence-electron chi connectivity index (χ3n) is 6.51. The van der Waals surface area contributed by atoms with Crippen LogP contribution in [-0.2, 0) is 22.7 Å². The number of fused-ring (bicyclic) bond motifs is 6. The van der Waals surface area contributed by atoms with Crippen molar-refractivity contribution in [3.8, 4) is 0 Å². The van der Waals surface area contributed by atoms with Gasteiger partial charge in [0.25, 0.3) is 0 Å². The molecule has 10 heteroatoms. The minimum absolute atomic E-state index is 0.00667. The summed E-state index contributed by atoms with van der Waals surface area (Å²) >= 11 is 0. The van der Waals surface area contributed by atoms with Gasteiger partial charge < -0.3 is 18.3 Å². The van der Waals surface area contributed by atoms with E-state index in [1.165, 1.54) is 12.1 Å². The fourth-order valence-corrected chi connectivity index (χ4v) is 4.55. The highest BCUT2D eigenvalue weighted by atomic mass is 16.6. The number of carbonyl (C=O) groups excluding carboxylic acids is 2. The zero-order chi connectivity index (χ0) is 29.1. The van der Waals surface area contributed by atoms with Gasteiger partial charge in [-0.1, -0.05) is 84.9 Å². The summed E-state index contributed by atoms with van der Waals surface area (Å²) < 4.78 is 21.6. The monoisotopic (exact) mass is 562 g/mol. The second-order valence-electron chi connectivity index (χ2n) is 9.30. The topological polar surface area (TPSA) is 137 Å². The van der Waals surface area contributed by atoms with Crippen molar-refractivity contribution in [1.82, 2.24) is 0 Å². The molecular formula is C32H22N2O8. The van der Waals surface area contributed by atoms with Gasteiger partial charge >= 0.3 is 23.4 Å². The minimum atomic E-state index is -0.870. The van der Waals surface area contributed by atoms with E-state index in [2.05, 4.69) is 10.6 Å². The van der Waals surface area contributed by atoms with E-state index in [0.29, 0.717) is 21.5 Å². The maximum atomic E-state index is 12.9. The van der Waals surface area contributed by atoms with Crippen LogP contribution < -0.4 is 21.9 Å². The first-order chi connectivity index (χ1) is 20.5. The molecule has 208 valence electrons. The second-order valence-corrected chi connectivity index (χ2v) is 9.30. The number of hydrogen-bond donors (Lipinski definition) is 2. The van der Waals surface area contributed by atoms with Gasteiger partial charge in [0.1, 0.15) is 24.6 Å².